The number of nitrogens with zero attached hydrogens (tertiary/aromatic N) is 4. The molecule has 1 saturated heterocycles. The minimum Gasteiger partial charge on any atom is -0.333 e. The van der Waals surface area contributed by atoms with Crippen LogP contribution in [0.25, 0.3) is 5.65 Å². The van der Waals surface area contributed by atoms with Crippen LogP contribution in [0.3, 0.4) is 0 Å². The first kappa shape index (κ1) is 17.3. The number of hydrogen-bond donors (Lipinski definition) is 1. The Bertz CT molecular complexity index is 943. The first-order valence-corrected chi connectivity index (χ1v) is 9.10. The van der Waals surface area contributed by atoms with Crippen LogP contribution in [-0.4, -0.2) is 44.8 Å². The highest BCUT2D eigenvalue weighted by molar-refractivity contribution is 6.36. The lowest BCUT2D eigenvalue weighted by Crippen LogP contribution is -2.49. The summed E-state index contributed by atoms with van der Waals surface area (Å²) in [4.78, 5) is 23.5. The van der Waals surface area contributed by atoms with Crippen molar-refractivity contribution in [1.29, 1.82) is 0 Å². The van der Waals surface area contributed by atoms with E-state index in [1.807, 2.05) is 23.2 Å². The SMILES string of the molecule is O=C(Cc1cn2cc(Cl)cc(Cl)c2n1)N1CCNCC1c1cccnc1. The largest absolute Gasteiger partial charge is 0.333 e. The van der Waals surface area contributed by atoms with Crippen molar-refractivity contribution in [1.82, 2.24) is 24.6 Å². The number of aromatic nitrogens is 3. The molecule has 0 radical (unpaired) electrons. The van der Waals surface area contributed by atoms with Crippen LogP contribution < -0.4 is 5.32 Å². The zero-order valence-corrected chi connectivity index (χ0v) is 15.4. The lowest BCUT2D eigenvalue weighted by molar-refractivity contribution is -0.133. The number of pyridine rings is 2. The first-order chi connectivity index (χ1) is 12.6. The van der Waals surface area contributed by atoms with Crippen LogP contribution in [0.1, 0.15) is 17.3 Å². The fourth-order valence-corrected chi connectivity index (χ4v) is 3.82. The Balaban J connectivity index is 1.57. The number of imidazole rings is 1. The molecule has 134 valence electrons. The highest BCUT2D eigenvalue weighted by atomic mass is 35.5. The van der Waals surface area contributed by atoms with Gasteiger partial charge in [0.25, 0.3) is 0 Å². The van der Waals surface area contributed by atoms with Gasteiger partial charge in [-0.3, -0.25) is 9.78 Å². The molecule has 1 aliphatic rings. The maximum absolute atomic E-state index is 12.9. The van der Waals surface area contributed by atoms with Gasteiger partial charge < -0.3 is 14.6 Å². The van der Waals surface area contributed by atoms with E-state index in [2.05, 4.69) is 15.3 Å². The molecule has 0 spiro atoms. The molecule has 26 heavy (non-hydrogen) atoms. The summed E-state index contributed by atoms with van der Waals surface area (Å²) in [7, 11) is 0. The van der Waals surface area contributed by atoms with E-state index in [0.717, 1.165) is 12.1 Å². The molecule has 4 rings (SSSR count). The Hall–Kier alpha value is -2.15. The summed E-state index contributed by atoms with van der Waals surface area (Å²) in [6, 6.07) is 5.50. The van der Waals surface area contributed by atoms with Crippen molar-refractivity contribution in [3.8, 4) is 0 Å². The van der Waals surface area contributed by atoms with Gasteiger partial charge in [0.2, 0.25) is 5.91 Å². The van der Waals surface area contributed by atoms with E-state index in [9.17, 15) is 4.79 Å². The zero-order chi connectivity index (χ0) is 18.1. The number of hydrogen-bond acceptors (Lipinski definition) is 4. The number of piperazine rings is 1. The summed E-state index contributed by atoms with van der Waals surface area (Å²) in [6.45, 7) is 2.14. The molecule has 1 atom stereocenters. The Morgan fingerprint density at radius 3 is 3.04 bits per heavy atom. The van der Waals surface area contributed by atoms with E-state index >= 15 is 0 Å². The minimum atomic E-state index is -0.0278. The number of halogens is 2. The van der Waals surface area contributed by atoms with Crippen molar-refractivity contribution in [2.45, 2.75) is 12.5 Å². The first-order valence-electron chi connectivity index (χ1n) is 8.34. The molecule has 0 bridgehead atoms. The highest BCUT2D eigenvalue weighted by Gasteiger charge is 2.28. The van der Waals surface area contributed by atoms with Gasteiger partial charge in [-0.15, -0.1) is 0 Å². The van der Waals surface area contributed by atoms with Gasteiger partial charge in [0.05, 0.1) is 28.2 Å². The van der Waals surface area contributed by atoms with Gasteiger partial charge in [-0.05, 0) is 17.7 Å². The third-order valence-electron chi connectivity index (χ3n) is 4.49. The maximum atomic E-state index is 12.9. The Kier molecular flexibility index (Phi) is 4.80. The molecule has 0 aromatic carbocycles. The number of nitrogens with one attached hydrogen (secondary N) is 1. The number of amides is 1. The van der Waals surface area contributed by atoms with E-state index in [-0.39, 0.29) is 18.4 Å². The predicted molar refractivity (Wildman–Crippen MR) is 100 cm³/mol. The van der Waals surface area contributed by atoms with Crippen LogP contribution in [0.4, 0.5) is 0 Å². The van der Waals surface area contributed by atoms with Crippen molar-refractivity contribution in [2.75, 3.05) is 19.6 Å². The minimum absolute atomic E-state index is 0.0278. The van der Waals surface area contributed by atoms with Crippen molar-refractivity contribution >= 4 is 34.8 Å². The van der Waals surface area contributed by atoms with Gasteiger partial charge in [0.1, 0.15) is 0 Å². The number of rotatable bonds is 3. The van der Waals surface area contributed by atoms with Gasteiger partial charge in [-0.2, -0.15) is 0 Å². The number of fused-ring (bicyclic) bond motifs is 1. The summed E-state index contributed by atoms with van der Waals surface area (Å²) in [6.07, 6.45) is 7.29. The summed E-state index contributed by atoms with van der Waals surface area (Å²) in [5.74, 6) is 0.0333. The second kappa shape index (κ2) is 7.23. The molecule has 6 nitrogen and oxygen atoms in total. The van der Waals surface area contributed by atoms with E-state index < -0.39 is 0 Å². The smallest absolute Gasteiger partial charge is 0.229 e. The maximum Gasteiger partial charge on any atom is 0.229 e. The van der Waals surface area contributed by atoms with Gasteiger partial charge in [-0.25, -0.2) is 4.98 Å². The van der Waals surface area contributed by atoms with Gasteiger partial charge in [0.15, 0.2) is 5.65 Å². The fourth-order valence-electron chi connectivity index (χ4n) is 3.29. The lowest BCUT2D eigenvalue weighted by atomic mass is 10.0. The highest BCUT2D eigenvalue weighted by Crippen LogP contribution is 2.24. The summed E-state index contributed by atoms with van der Waals surface area (Å²) in [5.41, 5.74) is 2.29. The zero-order valence-electron chi connectivity index (χ0n) is 13.9. The predicted octanol–water partition coefficient (Wildman–Crippen LogP) is 2.75. The van der Waals surface area contributed by atoms with Gasteiger partial charge >= 0.3 is 0 Å². The van der Waals surface area contributed by atoms with E-state index in [4.69, 9.17) is 23.2 Å². The van der Waals surface area contributed by atoms with Crippen LogP contribution >= 0.6 is 23.2 Å². The Morgan fingerprint density at radius 1 is 1.35 bits per heavy atom. The average molecular weight is 390 g/mol. The fraction of sp³-hybridized carbons (Fsp3) is 0.278. The van der Waals surface area contributed by atoms with Crippen molar-refractivity contribution in [3.05, 3.63) is 64.3 Å². The second-order valence-corrected chi connectivity index (χ2v) is 7.08. The molecule has 8 heteroatoms. The standard InChI is InChI=1S/C18H17Cl2N5O/c19-13-6-15(20)18-23-14(11-24(18)10-13)7-17(26)25-5-4-22-9-16(25)12-2-1-3-21-8-12/h1-3,6,8,10-11,16,22H,4-5,7,9H2. The topological polar surface area (TPSA) is 62.5 Å². The van der Waals surface area contributed by atoms with Crippen LogP contribution in [-0.2, 0) is 11.2 Å². The lowest BCUT2D eigenvalue weighted by Gasteiger charge is -2.36. The third kappa shape index (κ3) is 3.40. The second-order valence-electron chi connectivity index (χ2n) is 6.24. The summed E-state index contributed by atoms with van der Waals surface area (Å²) < 4.78 is 1.75. The molecular weight excluding hydrogens is 373 g/mol. The third-order valence-corrected chi connectivity index (χ3v) is 4.97. The number of carbonyl (C=O) groups excluding carboxylic acids is 1. The van der Waals surface area contributed by atoms with Crippen LogP contribution in [0.15, 0.2) is 43.0 Å². The van der Waals surface area contributed by atoms with E-state index in [1.165, 1.54) is 0 Å². The molecule has 3 aromatic heterocycles. The summed E-state index contributed by atoms with van der Waals surface area (Å²) in [5, 5.41) is 4.33. The summed E-state index contributed by atoms with van der Waals surface area (Å²) >= 11 is 12.2. The molecule has 1 amide bonds. The molecule has 1 aliphatic heterocycles. The molecule has 0 aliphatic carbocycles. The molecule has 1 N–H and O–H groups in total. The normalized spacial score (nSPS) is 17.6. The van der Waals surface area contributed by atoms with Crippen molar-refractivity contribution in [2.24, 2.45) is 0 Å². The average Bonchev–Trinajstić information content (AvgIpc) is 3.05. The molecule has 1 unspecified atom stereocenters. The van der Waals surface area contributed by atoms with Crippen LogP contribution in [0.2, 0.25) is 10.0 Å². The van der Waals surface area contributed by atoms with E-state index in [0.29, 0.717) is 34.5 Å². The van der Waals surface area contributed by atoms with Crippen molar-refractivity contribution < 1.29 is 4.79 Å². The Morgan fingerprint density at radius 2 is 2.23 bits per heavy atom. The Labute approximate surface area is 160 Å². The van der Waals surface area contributed by atoms with E-state index in [1.54, 1.807) is 29.1 Å². The van der Waals surface area contributed by atoms with Crippen molar-refractivity contribution in [3.63, 3.8) is 0 Å². The monoisotopic (exact) mass is 389 g/mol. The van der Waals surface area contributed by atoms with Crippen LogP contribution in [0, 0.1) is 0 Å². The quantitative estimate of drug-likeness (QED) is 0.747. The van der Waals surface area contributed by atoms with Gasteiger partial charge in [-0.1, -0.05) is 29.3 Å². The molecule has 0 saturated carbocycles. The van der Waals surface area contributed by atoms with Crippen LogP contribution in [0.5, 0.6) is 0 Å². The molecule has 1 fully saturated rings. The molecular formula is C18H17Cl2N5O. The van der Waals surface area contributed by atoms with Gasteiger partial charge in [0, 0.05) is 44.4 Å². The molecule has 3 aromatic rings. The molecule has 4 heterocycles. The number of carbonyl (C=O) groups is 1.